The molecular formula is C42H85KO4S. The second kappa shape index (κ2) is 42.9. The Hall–Kier alpha value is 1.51. The van der Waals surface area contributed by atoms with E-state index in [9.17, 15) is 13.0 Å². The molecule has 0 heterocycles. The van der Waals surface area contributed by atoms with Crippen LogP contribution in [0.2, 0.25) is 0 Å². The summed E-state index contributed by atoms with van der Waals surface area (Å²) in [5.41, 5.74) is 0. The third-order valence-corrected chi connectivity index (χ3v) is 10.8. The number of hydrogen-bond donors (Lipinski definition) is 0. The molecule has 0 bridgehead atoms. The summed E-state index contributed by atoms with van der Waals surface area (Å²) in [6.45, 7) is 4.65. The fourth-order valence-corrected chi connectivity index (χ4v) is 7.52. The van der Waals surface area contributed by atoms with Gasteiger partial charge < -0.3 is 4.55 Å². The minimum absolute atomic E-state index is 0. The van der Waals surface area contributed by atoms with Crippen LogP contribution in [0.3, 0.4) is 0 Å². The molecule has 4 nitrogen and oxygen atoms in total. The van der Waals surface area contributed by atoms with Crippen LogP contribution in [-0.4, -0.2) is 19.6 Å². The van der Waals surface area contributed by atoms with Crippen LogP contribution < -0.4 is 51.4 Å². The van der Waals surface area contributed by atoms with Crippen molar-refractivity contribution >= 4 is 10.4 Å². The molecule has 0 fully saturated rings. The van der Waals surface area contributed by atoms with E-state index in [0.29, 0.717) is 0 Å². The first kappa shape index (κ1) is 51.6. The van der Waals surface area contributed by atoms with E-state index in [1.807, 2.05) is 0 Å². The van der Waals surface area contributed by atoms with Gasteiger partial charge in [-0.1, -0.05) is 245 Å². The first-order valence-corrected chi connectivity index (χ1v) is 22.9. The van der Waals surface area contributed by atoms with E-state index in [4.69, 9.17) is 0 Å². The maximum Gasteiger partial charge on any atom is 1.00 e. The third-order valence-electron chi connectivity index (χ3n) is 10.4. The van der Waals surface area contributed by atoms with Gasteiger partial charge in [0.1, 0.15) is 0 Å². The van der Waals surface area contributed by atoms with E-state index in [-0.39, 0.29) is 63.9 Å². The van der Waals surface area contributed by atoms with Gasteiger partial charge in [-0.05, 0) is 18.8 Å². The predicted octanol–water partition coefficient (Wildman–Crippen LogP) is 11.9. The number of rotatable bonds is 41. The van der Waals surface area contributed by atoms with Crippen molar-refractivity contribution in [2.24, 2.45) is 5.92 Å². The summed E-state index contributed by atoms with van der Waals surface area (Å²) in [6.07, 6.45) is 51.2. The topological polar surface area (TPSA) is 66.4 Å². The van der Waals surface area contributed by atoms with E-state index in [1.54, 1.807) is 0 Å². The number of unbranched alkanes of at least 4 members (excludes halogenated alkanes) is 34. The summed E-state index contributed by atoms with van der Waals surface area (Å²) in [6, 6.07) is 0. The second-order valence-electron chi connectivity index (χ2n) is 15.2. The summed E-state index contributed by atoms with van der Waals surface area (Å²) < 4.78 is 37.8. The van der Waals surface area contributed by atoms with E-state index in [0.717, 1.165) is 25.7 Å². The first-order chi connectivity index (χ1) is 23.0. The van der Waals surface area contributed by atoms with Gasteiger partial charge in [-0.25, -0.2) is 8.42 Å². The van der Waals surface area contributed by atoms with Gasteiger partial charge in [0.2, 0.25) is 10.4 Å². The second-order valence-corrected chi connectivity index (χ2v) is 16.2. The molecule has 0 saturated heterocycles. The first-order valence-electron chi connectivity index (χ1n) is 21.6. The van der Waals surface area contributed by atoms with Crippen LogP contribution in [-0.2, 0) is 14.6 Å². The van der Waals surface area contributed by atoms with Crippen molar-refractivity contribution in [3.8, 4) is 0 Å². The van der Waals surface area contributed by atoms with Crippen LogP contribution >= 0.6 is 0 Å². The molecule has 0 spiro atoms. The third kappa shape index (κ3) is 45.5. The summed E-state index contributed by atoms with van der Waals surface area (Å²) in [4.78, 5) is 0. The summed E-state index contributed by atoms with van der Waals surface area (Å²) in [5, 5.41) is 0. The van der Waals surface area contributed by atoms with Crippen molar-refractivity contribution in [1.29, 1.82) is 0 Å². The SMILES string of the molecule is CCCCCCCCCCCCCCCCCCCCC(CCCCCCCCCCCCCCCCCCCC)COS(=O)(=O)[O-].[K+]. The molecule has 0 amide bonds. The Kier molecular flexibility index (Phi) is 46.1. The van der Waals surface area contributed by atoms with E-state index in [1.165, 1.54) is 218 Å². The smallest absolute Gasteiger partial charge is 0.726 e. The van der Waals surface area contributed by atoms with Crippen LogP contribution in [0.25, 0.3) is 0 Å². The molecule has 0 aliphatic carbocycles. The Bertz CT molecular complexity index is 647. The quantitative estimate of drug-likeness (QED) is 0.0272. The minimum atomic E-state index is -4.59. The minimum Gasteiger partial charge on any atom is -0.726 e. The normalized spacial score (nSPS) is 11.8. The van der Waals surface area contributed by atoms with Gasteiger partial charge in [0, 0.05) is 0 Å². The van der Waals surface area contributed by atoms with E-state index >= 15 is 0 Å². The van der Waals surface area contributed by atoms with Gasteiger partial charge >= 0.3 is 51.4 Å². The Balaban J connectivity index is 0. The van der Waals surface area contributed by atoms with Gasteiger partial charge in [-0.2, -0.15) is 0 Å². The fraction of sp³-hybridized carbons (Fsp3) is 1.00. The molecule has 0 radical (unpaired) electrons. The van der Waals surface area contributed by atoms with Crippen LogP contribution in [0, 0.1) is 5.92 Å². The molecule has 48 heavy (non-hydrogen) atoms. The van der Waals surface area contributed by atoms with Crippen LogP contribution in [0.1, 0.15) is 258 Å². The molecular weight excluding hydrogens is 640 g/mol. The van der Waals surface area contributed by atoms with Crippen molar-refractivity contribution in [2.75, 3.05) is 6.61 Å². The van der Waals surface area contributed by atoms with Crippen molar-refractivity contribution in [3.05, 3.63) is 0 Å². The fourth-order valence-electron chi connectivity index (χ4n) is 7.16. The molecule has 0 aromatic carbocycles. The molecule has 0 rings (SSSR count). The van der Waals surface area contributed by atoms with E-state index in [2.05, 4.69) is 18.0 Å². The predicted molar refractivity (Wildman–Crippen MR) is 206 cm³/mol. The van der Waals surface area contributed by atoms with Gasteiger partial charge in [-0.15, -0.1) is 0 Å². The van der Waals surface area contributed by atoms with Crippen molar-refractivity contribution in [2.45, 2.75) is 258 Å². The van der Waals surface area contributed by atoms with Crippen molar-refractivity contribution in [1.82, 2.24) is 0 Å². The van der Waals surface area contributed by atoms with Gasteiger partial charge in [0.15, 0.2) is 0 Å². The zero-order valence-corrected chi connectivity index (χ0v) is 37.1. The van der Waals surface area contributed by atoms with Gasteiger partial charge in [0.05, 0.1) is 6.61 Å². The van der Waals surface area contributed by atoms with Crippen molar-refractivity contribution in [3.63, 3.8) is 0 Å². The molecule has 0 atom stereocenters. The summed E-state index contributed by atoms with van der Waals surface area (Å²) in [7, 11) is -4.59. The maximum absolute atomic E-state index is 11.0. The Morgan fingerprint density at radius 2 is 0.562 bits per heavy atom. The molecule has 0 N–H and O–H groups in total. The van der Waals surface area contributed by atoms with Crippen LogP contribution in [0.5, 0.6) is 0 Å². The number of hydrogen-bond acceptors (Lipinski definition) is 4. The van der Waals surface area contributed by atoms with E-state index < -0.39 is 10.4 Å². The maximum atomic E-state index is 11.0. The molecule has 0 unspecified atom stereocenters. The largest absolute Gasteiger partial charge is 1.00 e. The van der Waals surface area contributed by atoms with Crippen LogP contribution in [0.4, 0.5) is 0 Å². The Morgan fingerprint density at radius 3 is 0.750 bits per heavy atom. The van der Waals surface area contributed by atoms with Gasteiger partial charge in [0.25, 0.3) is 0 Å². The molecule has 284 valence electrons. The summed E-state index contributed by atoms with van der Waals surface area (Å²) in [5.74, 6) is 0.195. The van der Waals surface area contributed by atoms with Crippen molar-refractivity contribution < 1.29 is 68.5 Å². The monoisotopic (exact) mass is 725 g/mol. The molecule has 0 saturated carbocycles. The zero-order chi connectivity index (χ0) is 34.4. The molecule has 0 aliphatic rings. The Labute approximate surface area is 346 Å². The molecule has 0 aromatic rings. The van der Waals surface area contributed by atoms with Gasteiger partial charge in [-0.3, -0.25) is 4.18 Å². The summed E-state index contributed by atoms with van der Waals surface area (Å²) >= 11 is 0. The standard InChI is InChI=1S/C42H86O4S.K/c1-3-5-7-9-11-13-15-17-19-21-23-25-27-29-31-33-35-37-39-42(41-46-47(43,44)45)40-38-36-34-32-30-28-26-24-22-20-18-16-14-12-10-8-6-4-2;/h42H,3-41H2,1-2H3,(H,43,44,45);/q;+1/p-1. The molecule has 0 aromatic heterocycles. The Morgan fingerprint density at radius 1 is 0.375 bits per heavy atom. The van der Waals surface area contributed by atoms with Crippen LogP contribution in [0.15, 0.2) is 0 Å². The average Bonchev–Trinajstić information content (AvgIpc) is 3.05. The average molecular weight is 725 g/mol. The zero-order valence-electron chi connectivity index (χ0n) is 33.2. The molecule has 0 aliphatic heterocycles. The molecule has 6 heteroatoms.